The maximum absolute atomic E-state index is 14.4. The summed E-state index contributed by atoms with van der Waals surface area (Å²) >= 11 is 7.50. The van der Waals surface area contributed by atoms with Crippen LogP contribution in [0.1, 0.15) is 23.6 Å². The van der Waals surface area contributed by atoms with Crippen molar-refractivity contribution in [2.75, 3.05) is 19.2 Å². The van der Waals surface area contributed by atoms with E-state index in [1.165, 1.54) is 37.7 Å². The zero-order valence-corrected chi connectivity index (χ0v) is 20.4. The molecule has 0 saturated carbocycles. The van der Waals surface area contributed by atoms with Gasteiger partial charge in [-0.3, -0.25) is 0 Å². The Bertz CT molecular complexity index is 1410. The molecule has 1 aromatic heterocycles. The summed E-state index contributed by atoms with van der Waals surface area (Å²) in [4.78, 5) is 4.74. The van der Waals surface area contributed by atoms with Crippen LogP contribution in [0.15, 0.2) is 71.1 Å². The van der Waals surface area contributed by atoms with E-state index in [1.54, 1.807) is 24.3 Å². The van der Waals surface area contributed by atoms with Gasteiger partial charge in [-0.1, -0.05) is 23.7 Å². The molecule has 5 nitrogen and oxygen atoms in total. The Balaban J connectivity index is 1.52. The molecular weight excluding hydrogens is 492 g/mol. The molecule has 2 heterocycles. The van der Waals surface area contributed by atoms with Gasteiger partial charge < -0.3 is 9.47 Å². The maximum atomic E-state index is 14.4. The minimum absolute atomic E-state index is 0.168. The first-order valence-corrected chi connectivity index (χ1v) is 12.0. The first kappa shape index (κ1) is 23.3. The van der Waals surface area contributed by atoms with Crippen molar-refractivity contribution in [2.24, 2.45) is 5.10 Å². The van der Waals surface area contributed by atoms with Gasteiger partial charge in [0.15, 0.2) is 23.1 Å². The second kappa shape index (κ2) is 9.64. The number of thiazole rings is 1. The number of aromatic nitrogens is 1. The van der Waals surface area contributed by atoms with Crippen molar-refractivity contribution >= 4 is 33.8 Å². The molecule has 1 aliphatic heterocycles. The molecule has 35 heavy (non-hydrogen) atoms. The van der Waals surface area contributed by atoms with E-state index in [-0.39, 0.29) is 17.5 Å². The molecule has 5 rings (SSSR count). The van der Waals surface area contributed by atoms with Crippen LogP contribution >= 0.6 is 22.9 Å². The molecule has 3 aromatic carbocycles. The summed E-state index contributed by atoms with van der Waals surface area (Å²) < 4.78 is 38.7. The summed E-state index contributed by atoms with van der Waals surface area (Å²) in [7, 11) is 2.85. The minimum Gasteiger partial charge on any atom is -0.494 e. The van der Waals surface area contributed by atoms with Gasteiger partial charge >= 0.3 is 0 Å². The van der Waals surface area contributed by atoms with Crippen LogP contribution in [-0.4, -0.2) is 24.9 Å². The average Bonchev–Trinajstić information content (AvgIpc) is 3.52. The smallest absolute Gasteiger partial charge is 0.207 e. The number of methoxy groups -OCH3 is 2. The number of hydrogen-bond donors (Lipinski definition) is 0. The average molecular weight is 512 g/mol. The number of nitrogens with zero attached hydrogens (tertiary/aromatic N) is 3. The molecule has 9 heteroatoms. The van der Waals surface area contributed by atoms with E-state index in [0.29, 0.717) is 33.4 Å². The van der Waals surface area contributed by atoms with Gasteiger partial charge in [0.2, 0.25) is 5.13 Å². The molecule has 0 saturated heterocycles. The number of benzene rings is 3. The minimum atomic E-state index is -0.457. The number of ether oxygens (including phenoxy) is 2. The maximum Gasteiger partial charge on any atom is 0.207 e. The molecule has 0 amide bonds. The van der Waals surface area contributed by atoms with Crippen molar-refractivity contribution in [3.63, 3.8) is 0 Å². The van der Waals surface area contributed by atoms with E-state index in [1.807, 2.05) is 34.7 Å². The quantitative estimate of drug-likeness (QED) is 0.276. The summed E-state index contributed by atoms with van der Waals surface area (Å²) in [5.41, 5.74) is 3.64. The van der Waals surface area contributed by atoms with Crippen molar-refractivity contribution in [3.8, 4) is 22.8 Å². The highest BCUT2D eigenvalue weighted by molar-refractivity contribution is 7.14. The fraction of sp³-hybridized carbons (Fsp3) is 0.154. The number of rotatable bonds is 6. The van der Waals surface area contributed by atoms with Crippen molar-refractivity contribution in [1.29, 1.82) is 0 Å². The lowest BCUT2D eigenvalue weighted by molar-refractivity contribution is 0.386. The molecule has 0 fully saturated rings. The predicted octanol–water partition coefficient (Wildman–Crippen LogP) is 7.11. The van der Waals surface area contributed by atoms with Gasteiger partial charge in [0, 0.05) is 28.0 Å². The molecular formula is C26H20ClF2N3O2S. The van der Waals surface area contributed by atoms with E-state index < -0.39 is 11.6 Å². The predicted molar refractivity (Wildman–Crippen MR) is 135 cm³/mol. The summed E-state index contributed by atoms with van der Waals surface area (Å²) in [6.07, 6.45) is 0.541. The van der Waals surface area contributed by atoms with Crippen LogP contribution in [0.2, 0.25) is 5.02 Å². The zero-order valence-electron chi connectivity index (χ0n) is 18.8. The standard InChI is InChI=1S/C26H20ClF2N3O2S/c1-33-24-9-5-16(11-19(24)28)21-13-23(15-3-7-18(27)8-4-15)32(31-21)26-30-22(14-35-26)17-6-10-25(34-2)20(29)12-17/h3-12,14,23H,13H2,1-2H3. The largest absolute Gasteiger partial charge is 0.494 e. The highest BCUT2D eigenvalue weighted by Crippen LogP contribution is 2.40. The van der Waals surface area contributed by atoms with Crippen LogP contribution in [0.25, 0.3) is 11.3 Å². The van der Waals surface area contributed by atoms with E-state index >= 15 is 0 Å². The van der Waals surface area contributed by atoms with Crippen molar-refractivity contribution in [2.45, 2.75) is 12.5 Å². The third-order valence-corrected chi connectivity index (χ3v) is 6.87. The molecule has 0 N–H and O–H groups in total. The van der Waals surface area contributed by atoms with Gasteiger partial charge in [0.05, 0.1) is 31.7 Å². The fourth-order valence-electron chi connectivity index (χ4n) is 3.98. The number of hydrogen-bond acceptors (Lipinski definition) is 6. The van der Waals surface area contributed by atoms with E-state index in [2.05, 4.69) is 0 Å². The fourth-order valence-corrected chi connectivity index (χ4v) is 4.94. The Hall–Kier alpha value is -3.49. The zero-order chi connectivity index (χ0) is 24.5. The van der Waals surface area contributed by atoms with Gasteiger partial charge in [-0.25, -0.2) is 18.8 Å². The van der Waals surface area contributed by atoms with E-state index in [0.717, 1.165) is 11.3 Å². The molecule has 0 aliphatic carbocycles. The number of anilines is 1. The van der Waals surface area contributed by atoms with Crippen LogP contribution in [0, 0.1) is 11.6 Å². The Kier molecular flexibility index (Phi) is 6.40. The van der Waals surface area contributed by atoms with Crippen molar-refractivity contribution < 1.29 is 18.3 Å². The SMILES string of the molecule is COc1ccc(C2=NN(c3nc(-c4ccc(OC)c(F)c4)cs3)C(c3ccc(Cl)cc3)C2)cc1F. The lowest BCUT2D eigenvalue weighted by Crippen LogP contribution is -2.18. The van der Waals surface area contributed by atoms with Crippen molar-refractivity contribution in [1.82, 2.24) is 4.98 Å². The lowest BCUT2D eigenvalue weighted by atomic mass is 9.98. The Morgan fingerprint density at radius 3 is 2.17 bits per heavy atom. The first-order valence-electron chi connectivity index (χ1n) is 10.7. The van der Waals surface area contributed by atoms with Gasteiger partial charge in [-0.2, -0.15) is 5.10 Å². The molecule has 178 valence electrons. The Morgan fingerprint density at radius 1 is 0.914 bits per heavy atom. The first-order chi connectivity index (χ1) is 17.0. The van der Waals surface area contributed by atoms with Crippen molar-refractivity contribution in [3.05, 3.63) is 93.8 Å². The molecule has 4 aromatic rings. The molecule has 1 unspecified atom stereocenters. The second-order valence-corrected chi connectivity index (χ2v) is 9.15. The summed E-state index contributed by atoms with van der Waals surface area (Å²) in [5.74, 6) is -0.559. The van der Waals surface area contributed by atoms with Gasteiger partial charge in [0.25, 0.3) is 0 Å². The Morgan fingerprint density at radius 2 is 1.54 bits per heavy atom. The van der Waals surface area contributed by atoms with Gasteiger partial charge in [-0.15, -0.1) is 11.3 Å². The van der Waals surface area contributed by atoms with E-state index in [4.69, 9.17) is 31.2 Å². The molecule has 1 atom stereocenters. The van der Waals surface area contributed by atoms with E-state index in [9.17, 15) is 8.78 Å². The molecule has 0 radical (unpaired) electrons. The molecule has 0 spiro atoms. The summed E-state index contributed by atoms with van der Waals surface area (Å²) in [5, 5.41) is 9.78. The normalized spacial score (nSPS) is 15.3. The molecule has 0 bridgehead atoms. The highest BCUT2D eigenvalue weighted by Gasteiger charge is 2.32. The van der Waals surface area contributed by atoms with Crippen LogP contribution in [0.4, 0.5) is 13.9 Å². The van der Waals surface area contributed by atoms with Gasteiger partial charge in [0.1, 0.15) is 0 Å². The van der Waals surface area contributed by atoms with Crippen LogP contribution in [-0.2, 0) is 0 Å². The summed E-state index contributed by atoms with van der Waals surface area (Å²) in [6.45, 7) is 0. The number of halogens is 3. The summed E-state index contributed by atoms with van der Waals surface area (Å²) in [6, 6.07) is 16.9. The second-order valence-electron chi connectivity index (χ2n) is 7.88. The van der Waals surface area contributed by atoms with Gasteiger partial charge in [-0.05, 0) is 54.1 Å². The van der Waals surface area contributed by atoms with Crippen LogP contribution in [0.5, 0.6) is 11.5 Å². The third-order valence-electron chi connectivity index (χ3n) is 5.79. The lowest BCUT2D eigenvalue weighted by Gasteiger charge is -2.21. The molecule has 1 aliphatic rings. The van der Waals surface area contributed by atoms with Crippen LogP contribution in [0.3, 0.4) is 0 Å². The monoisotopic (exact) mass is 511 g/mol. The van der Waals surface area contributed by atoms with Crippen LogP contribution < -0.4 is 14.5 Å². The topological polar surface area (TPSA) is 47.0 Å². The third kappa shape index (κ3) is 4.59. The highest BCUT2D eigenvalue weighted by atomic mass is 35.5. The number of hydrazone groups is 1. The Labute approximate surface area is 210 Å².